The quantitative estimate of drug-likeness (QED) is 0.708. The van der Waals surface area contributed by atoms with Gasteiger partial charge in [0, 0.05) is 19.5 Å². The molecule has 0 aliphatic carbocycles. The van der Waals surface area contributed by atoms with E-state index in [1.54, 1.807) is 11.1 Å². The molecule has 0 aliphatic heterocycles. The Morgan fingerprint density at radius 1 is 1.16 bits per heavy atom. The second-order valence-electron chi connectivity index (χ2n) is 5.69. The third-order valence-corrected chi connectivity index (χ3v) is 5.11. The summed E-state index contributed by atoms with van der Waals surface area (Å²) in [5.41, 5.74) is 1.12. The Balaban J connectivity index is 1.47. The number of rotatable bonds is 7. The van der Waals surface area contributed by atoms with Crippen molar-refractivity contribution in [3.05, 3.63) is 64.4 Å². The number of amides is 1. The Hall–Kier alpha value is -2.60. The highest BCUT2D eigenvalue weighted by Gasteiger charge is 2.08. The van der Waals surface area contributed by atoms with Crippen molar-refractivity contribution < 1.29 is 9.53 Å². The van der Waals surface area contributed by atoms with E-state index in [9.17, 15) is 9.59 Å². The zero-order valence-corrected chi connectivity index (χ0v) is 14.8. The van der Waals surface area contributed by atoms with Gasteiger partial charge in [-0.3, -0.25) is 13.5 Å². The minimum absolute atomic E-state index is 0.0216. The van der Waals surface area contributed by atoms with Crippen molar-refractivity contribution in [3.63, 3.8) is 0 Å². The van der Waals surface area contributed by atoms with E-state index in [0.717, 1.165) is 22.4 Å². The molecule has 0 saturated heterocycles. The van der Waals surface area contributed by atoms with Crippen molar-refractivity contribution in [1.29, 1.82) is 0 Å². The minimum Gasteiger partial charge on any atom is -0.497 e. The molecule has 2 aromatic carbocycles. The number of methoxy groups -OCH3 is 1. The maximum Gasteiger partial charge on any atom is 0.268 e. The lowest BCUT2D eigenvalue weighted by molar-refractivity contribution is -0.121. The first-order valence-corrected chi connectivity index (χ1v) is 8.93. The van der Waals surface area contributed by atoms with Crippen molar-refractivity contribution in [2.24, 2.45) is 0 Å². The summed E-state index contributed by atoms with van der Waals surface area (Å²) >= 11 is 1.40. The molecule has 1 heterocycles. The number of nitrogens with one attached hydrogen (secondary N) is 1. The number of aromatic nitrogens is 1. The molecule has 130 valence electrons. The van der Waals surface area contributed by atoms with Gasteiger partial charge < -0.3 is 10.1 Å². The smallest absolute Gasteiger partial charge is 0.268 e. The minimum atomic E-state index is -0.0436. The molecule has 1 N–H and O–H groups in total. The Labute approximate surface area is 150 Å². The van der Waals surface area contributed by atoms with Crippen LogP contribution < -0.4 is 15.6 Å². The molecular weight excluding hydrogens is 336 g/mol. The van der Waals surface area contributed by atoms with Crippen molar-refractivity contribution in [3.8, 4) is 5.75 Å². The first-order valence-electron chi connectivity index (χ1n) is 8.16. The molecule has 5 nitrogen and oxygen atoms in total. The Morgan fingerprint density at radius 3 is 2.64 bits per heavy atom. The maximum atomic E-state index is 12.2. The van der Waals surface area contributed by atoms with Gasteiger partial charge in [-0.15, -0.1) is 0 Å². The number of aryl methyl sites for hydroxylation is 1. The molecule has 0 aliphatic rings. The Morgan fingerprint density at radius 2 is 1.92 bits per heavy atom. The first-order chi connectivity index (χ1) is 12.2. The second-order valence-corrected chi connectivity index (χ2v) is 6.76. The van der Waals surface area contributed by atoms with Gasteiger partial charge in [-0.1, -0.05) is 35.8 Å². The van der Waals surface area contributed by atoms with E-state index >= 15 is 0 Å². The van der Waals surface area contributed by atoms with Crippen LogP contribution in [0.3, 0.4) is 0 Å². The molecule has 0 atom stereocenters. The van der Waals surface area contributed by atoms with Crippen LogP contribution in [0.5, 0.6) is 5.75 Å². The molecule has 1 amide bonds. The number of benzene rings is 2. The molecule has 6 heteroatoms. The van der Waals surface area contributed by atoms with Crippen LogP contribution in [0.2, 0.25) is 0 Å². The molecule has 0 unspecified atom stereocenters. The van der Waals surface area contributed by atoms with Crippen LogP contribution in [-0.4, -0.2) is 23.5 Å². The lowest BCUT2D eigenvalue weighted by atomic mass is 10.1. The summed E-state index contributed by atoms with van der Waals surface area (Å²) in [5.74, 6) is 0.777. The topological polar surface area (TPSA) is 60.3 Å². The Bertz CT molecular complexity index is 912. The summed E-state index contributed by atoms with van der Waals surface area (Å²) in [7, 11) is 1.64. The summed E-state index contributed by atoms with van der Waals surface area (Å²) in [5, 5.41) is 3.62. The van der Waals surface area contributed by atoms with Crippen LogP contribution in [0.15, 0.2) is 53.3 Å². The average Bonchev–Trinajstić information content (AvgIpc) is 2.97. The van der Waals surface area contributed by atoms with Crippen LogP contribution in [0, 0.1) is 0 Å². The normalized spacial score (nSPS) is 10.8. The van der Waals surface area contributed by atoms with Crippen LogP contribution in [0.25, 0.3) is 10.1 Å². The van der Waals surface area contributed by atoms with Gasteiger partial charge in [0.2, 0.25) is 5.91 Å². The summed E-state index contributed by atoms with van der Waals surface area (Å²) < 4.78 is 7.72. The molecular formula is C19H20N2O3S. The van der Waals surface area contributed by atoms with Gasteiger partial charge >= 0.3 is 0 Å². The summed E-state index contributed by atoms with van der Waals surface area (Å²) in [6.07, 6.45) is 1.06. The van der Waals surface area contributed by atoms with Crippen LogP contribution in [0.4, 0.5) is 0 Å². The number of fused-ring (bicyclic) bond motifs is 1. The summed E-state index contributed by atoms with van der Waals surface area (Å²) in [4.78, 5) is 24.2. The maximum absolute atomic E-state index is 12.2. The van der Waals surface area contributed by atoms with Crippen LogP contribution in [0.1, 0.15) is 12.0 Å². The summed E-state index contributed by atoms with van der Waals surface area (Å²) in [6, 6.07) is 15.3. The molecule has 0 radical (unpaired) electrons. The lowest BCUT2D eigenvalue weighted by Gasteiger charge is -2.06. The van der Waals surface area contributed by atoms with E-state index in [1.807, 2.05) is 48.5 Å². The van der Waals surface area contributed by atoms with Gasteiger partial charge in [0.25, 0.3) is 5.56 Å². The van der Waals surface area contributed by atoms with Crippen molar-refractivity contribution >= 4 is 27.5 Å². The average molecular weight is 356 g/mol. The van der Waals surface area contributed by atoms with Crippen molar-refractivity contribution in [1.82, 2.24) is 9.27 Å². The largest absolute Gasteiger partial charge is 0.497 e. The summed E-state index contributed by atoms with van der Waals surface area (Å²) in [6.45, 7) is 0.985. The molecule has 0 spiro atoms. The molecule has 1 aromatic heterocycles. The number of hydrogen-bond acceptors (Lipinski definition) is 4. The predicted octanol–water partition coefficient (Wildman–Crippen LogP) is 2.82. The molecule has 0 saturated carbocycles. The van der Waals surface area contributed by atoms with Gasteiger partial charge in [0.15, 0.2) is 0 Å². The second kappa shape index (κ2) is 7.98. The fraction of sp³-hybridized carbons (Fsp3) is 0.263. The molecule has 25 heavy (non-hydrogen) atoms. The van der Waals surface area contributed by atoms with E-state index in [4.69, 9.17) is 4.74 Å². The fourth-order valence-electron chi connectivity index (χ4n) is 2.59. The van der Waals surface area contributed by atoms with Gasteiger partial charge in [-0.25, -0.2) is 0 Å². The van der Waals surface area contributed by atoms with Gasteiger partial charge in [0.1, 0.15) is 5.75 Å². The number of carbonyl (C=O) groups excluding carboxylic acids is 1. The molecule has 0 fully saturated rings. The first kappa shape index (κ1) is 17.2. The van der Waals surface area contributed by atoms with Gasteiger partial charge in [-0.05, 0) is 36.2 Å². The van der Waals surface area contributed by atoms with E-state index in [0.29, 0.717) is 24.9 Å². The highest BCUT2D eigenvalue weighted by atomic mass is 32.1. The zero-order chi connectivity index (χ0) is 17.6. The van der Waals surface area contributed by atoms with E-state index < -0.39 is 0 Å². The predicted molar refractivity (Wildman–Crippen MR) is 100 cm³/mol. The zero-order valence-electron chi connectivity index (χ0n) is 14.0. The van der Waals surface area contributed by atoms with Crippen molar-refractivity contribution in [2.75, 3.05) is 13.7 Å². The fourth-order valence-corrected chi connectivity index (χ4v) is 3.59. The Kier molecular flexibility index (Phi) is 5.50. The monoisotopic (exact) mass is 356 g/mol. The molecule has 3 aromatic rings. The van der Waals surface area contributed by atoms with Crippen LogP contribution >= 0.6 is 11.5 Å². The van der Waals surface area contributed by atoms with Gasteiger partial charge in [0.05, 0.1) is 17.2 Å². The van der Waals surface area contributed by atoms with E-state index in [-0.39, 0.29) is 11.5 Å². The molecule has 0 bridgehead atoms. The van der Waals surface area contributed by atoms with Crippen LogP contribution in [-0.2, 0) is 17.8 Å². The number of hydrogen-bond donors (Lipinski definition) is 1. The standard InChI is InChI=1S/C19H20N2O3S/c1-24-15-8-6-14(7-9-15)10-12-20-18(22)11-13-21-19(23)16-4-2-3-5-17(16)25-21/h2-9H,10-13H2,1H3,(H,20,22). The van der Waals surface area contributed by atoms with Gasteiger partial charge in [-0.2, -0.15) is 0 Å². The lowest BCUT2D eigenvalue weighted by Crippen LogP contribution is -2.27. The third kappa shape index (κ3) is 4.28. The molecule has 3 rings (SSSR count). The highest BCUT2D eigenvalue weighted by Crippen LogP contribution is 2.16. The number of ether oxygens (including phenoxy) is 1. The highest BCUT2D eigenvalue weighted by molar-refractivity contribution is 7.13. The number of carbonyl (C=O) groups is 1. The third-order valence-electron chi connectivity index (χ3n) is 3.99. The number of nitrogens with zero attached hydrogens (tertiary/aromatic N) is 1. The van der Waals surface area contributed by atoms with Crippen molar-refractivity contribution in [2.45, 2.75) is 19.4 Å². The van der Waals surface area contributed by atoms with E-state index in [2.05, 4.69) is 5.32 Å². The van der Waals surface area contributed by atoms with E-state index in [1.165, 1.54) is 11.5 Å². The SMILES string of the molecule is COc1ccc(CCNC(=O)CCn2sc3ccccc3c2=O)cc1.